The topological polar surface area (TPSA) is 81.0 Å². The van der Waals surface area contributed by atoms with Gasteiger partial charge in [-0.05, 0) is 24.3 Å². The Balaban J connectivity index is 1.65. The SMILES string of the molecule is O=C(ON1C(=O)c2ccccc2C1=O)c1ncn2ccccc12. The Morgan fingerprint density at radius 3 is 2.30 bits per heavy atom. The molecular weight excluding hydrogens is 298 g/mol. The fraction of sp³-hybridized carbons (Fsp3) is 0. The minimum Gasteiger partial charge on any atom is -0.322 e. The third-order valence-corrected chi connectivity index (χ3v) is 3.57. The monoisotopic (exact) mass is 307 g/mol. The van der Waals surface area contributed by atoms with Crippen molar-refractivity contribution in [2.75, 3.05) is 0 Å². The van der Waals surface area contributed by atoms with Crippen LogP contribution in [0.2, 0.25) is 0 Å². The Hall–Kier alpha value is -3.48. The number of benzene rings is 1. The molecule has 0 saturated carbocycles. The molecule has 0 N–H and O–H groups in total. The number of pyridine rings is 1. The van der Waals surface area contributed by atoms with E-state index in [4.69, 9.17) is 4.84 Å². The van der Waals surface area contributed by atoms with Crippen LogP contribution in [0.1, 0.15) is 31.2 Å². The normalized spacial score (nSPS) is 13.5. The maximum Gasteiger partial charge on any atom is 0.384 e. The molecule has 0 saturated heterocycles. The van der Waals surface area contributed by atoms with Crippen LogP contribution in [0.3, 0.4) is 0 Å². The summed E-state index contributed by atoms with van der Waals surface area (Å²) in [5, 5.41) is 0.473. The summed E-state index contributed by atoms with van der Waals surface area (Å²) >= 11 is 0. The molecule has 23 heavy (non-hydrogen) atoms. The molecule has 3 aromatic rings. The van der Waals surface area contributed by atoms with Crippen molar-refractivity contribution in [3.63, 3.8) is 0 Å². The summed E-state index contributed by atoms with van der Waals surface area (Å²) in [7, 11) is 0. The zero-order valence-electron chi connectivity index (χ0n) is 11.7. The first-order valence-corrected chi connectivity index (χ1v) is 6.78. The summed E-state index contributed by atoms with van der Waals surface area (Å²) in [6, 6.07) is 11.5. The molecule has 0 spiro atoms. The molecule has 4 rings (SSSR count). The van der Waals surface area contributed by atoms with Gasteiger partial charge in [0.15, 0.2) is 5.69 Å². The second-order valence-electron chi connectivity index (χ2n) is 4.92. The predicted molar refractivity (Wildman–Crippen MR) is 77.5 cm³/mol. The number of fused-ring (bicyclic) bond motifs is 2. The lowest BCUT2D eigenvalue weighted by Crippen LogP contribution is -2.32. The molecule has 0 unspecified atom stereocenters. The standard InChI is InChI=1S/C16H9N3O4/c20-14-10-5-1-2-6-11(10)15(21)19(14)23-16(22)13-12-7-3-4-8-18(12)9-17-13/h1-9H. The number of hydroxylamine groups is 2. The molecule has 3 heterocycles. The Kier molecular flexibility index (Phi) is 2.74. The van der Waals surface area contributed by atoms with E-state index in [0.29, 0.717) is 10.6 Å². The van der Waals surface area contributed by atoms with E-state index < -0.39 is 17.8 Å². The summed E-state index contributed by atoms with van der Waals surface area (Å²) in [6.07, 6.45) is 3.18. The molecule has 7 nitrogen and oxygen atoms in total. The number of hydrogen-bond acceptors (Lipinski definition) is 5. The molecule has 2 amide bonds. The van der Waals surface area contributed by atoms with Crippen molar-refractivity contribution in [2.45, 2.75) is 0 Å². The van der Waals surface area contributed by atoms with Gasteiger partial charge in [0.1, 0.15) is 6.33 Å². The van der Waals surface area contributed by atoms with Crippen molar-refractivity contribution in [3.05, 3.63) is 71.8 Å². The van der Waals surface area contributed by atoms with E-state index in [0.717, 1.165) is 0 Å². The van der Waals surface area contributed by atoms with Gasteiger partial charge in [0.25, 0.3) is 11.8 Å². The van der Waals surface area contributed by atoms with E-state index in [9.17, 15) is 14.4 Å². The maximum absolute atomic E-state index is 12.3. The lowest BCUT2D eigenvalue weighted by atomic mass is 10.1. The van der Waals surface area contributed by atoms with Crippen LogP contribution >= 0.6 is 0 Å². The molecule has 1 aromatic carbocycles. The molecule has 0 radical (unpaired) electrons. The summed E-state index contributed by atoms with van der Waals surface area (Å²) < 4.78 is 1.64. The minimum atomic E-state index is -0.867. The zero-order valence-corrected chi connectivity index (χ0v) is 11.7. The van der Waals surface area contributed by atoms with E-state index in [1.54, 1.807) is 40.9 Å². The van der Waals surface area contributed by atoms with E-state index in [2.05, 4.69) is 4.98 Å². The van der Waals surface area contributed by atoms with Gasteiger partial charge in [-0.3, -0.25) is 9.59 Å². The van der Waals surface area contributed by atoms with Crippen molar-refractivity contribution >= 4 is 23.3 Å². The van der Waals surface area contributed by atoms with Gasteiger partial charge in [0.2, 0.25) is 0 Å². The molecular formula is C16H9N3O4. The second kappa shape index (κ2) is 4.77. The fourth-order valence-electron chi connectivity index (χ4n) is 2.48. The fourth-order valence-corrected chi connectivity index (χ4v) is 2.48. The van der Waals surface area contributed by atoms with Crippen LogP contribution < -0.4 is 0 Å². The number of imide groups is 1. The molecule has 7 heteroatoms. The van der Waals surface area contributed by atoms with Crippen LogP contribution in [0.5, 0.6) is 0 Å². The minimum absolute atomic E-state index is 0.0298. The first kappa shape index (κ1) is 13.2. The van der Waals surface area contributed by atoms with Crippen LogP contribution in [-0.4, -0.2) is 32.2 Å². The van der Waals surface area contributed by atoms with Gasteiger partial charge < -0.3 is 9.24 Å². The number of carbonyl (C=O) groups is 3. The maximum atomic E-state index is 12.3. The highest BCUT2D eigenvalue weighted by Gasteiger charge is 2.39. The highest BCUT2D eigenvalue weighted by Crippen LogP contribution is 2.23. The molecule has 0 aliphatic carbocycles. The van der Waals surface area contributed by atoms with Crippen molar-refractivity contribution in [1.29, 1.82) is 0 Å². The summed E-state index contributed by atoms with van der Waals surface area (Å²) in [5.41, 5.74) is 0.969. The van der Waals surface area contributed by atoms with Gasteiger partial charge in [0.05, 0.1) is 16.6 Å². The van der Waals surface area contributed by atoms with Gasteiger partial charge in [0, 0.05) is 6.20 Å². The van der Waals surface area contributed by atoms with Crippen LogP contribution in [0, 0.1) is 0 Å². The van der Waals surface area contributed by atoms with Crippen LogP contribution in [0.15, 0.2) is 55.0 Å². The summed E-state index contributed by atoms with van der Waals surface area (Å²) in [6.45, 7) is 0. The smallest absolute Gasteiger partial charge is 0.322 e. The van der Waals surface area contributed by atoms with Gasteiger partial charge in [-0.1, -0.05) is 23.3 Å². The molecule has 112 valence electrons. The van der Waals surface area contributed by atoms with Gasteiger partial charge in [-0.15, -0.1) is 0 Å². The molecule has 1 aliphatic rings. The Morgan fingerprint density at radius 2 is 1.61 bits per heavy atom. The molecule has 0 fully saturated rings. The number of nitrogens with zero attached hydrogens (tertiary/aromatic N) is 3. The molecule has 0 atom stereocenters. The lowest BCUT2D eigenvalue weighted by Gasteiger charge is -2.11. The number of aromatic nitrogens is 2. The predicted octanol–water partition coefficient (Wildman–Crippen LogP) is 1.70. The number of imidazole rings is 1. The van der Waals surface area contributed by atoms with Gasteiger partial charge in [-0.25, -0.2) is 9.78 Å². The first-order valence-electron chi connectivity index (χ1n) is 6.78. The first-order chi connectivity index (χ1) is 11.2. The van der Waals surface area contributed by atoms with Gasteiger partial charge in [-0.2, -0.15) is 0 Å². The van der Waals surface area contributed by atoms with Crippen molar-refractivity contribution in [2.24, 2.45) is 0 Å². The quantitative estimate of drug-likeness (QED) is 0.673. The third kappa shape index (κ3) is 1.90. The number of rotatable bonds is 2. The van der Waals surface area contributed by atoms with Crippen LogP contribution in [0.25, 0.3) is 5.52 Å². The van der Waals surface area contributed by atoms with Crippen molar-refractivity contribution < 1.29 is 19.2 Å². The highest BCUT2D eigenvalue weighted by molar-refractivity contribution is 6.21. The average molecular weight is 307 g/mol. The lowest BCUT2D eigenvalue weighted by molar-refractivity contribution is -0.0586. The van der Waals surface area contributed by atoms with Crippen LogP contribution in [-0.2, 0) is 4.84 Å². The molecule has 2 aromatic heterocycles. The van der Waals surface area contributed by atoms with Gasteiger partial charge >= 0.3 is 5.97 Å². The largest absolute Gasteiger partial charge is 0.384 e. The average Bonchev–Trinajstić information content (AvgIpc) is 3.11. The summed E-state index contributed by atoms with van der Waals surface area (Å²) in [4.78, 5) is 45.6. The third-order valence-electron chi connectivity index (χ3n) is 3.57. The van der Waals surface area contributed by atoms with Crippen molar-refractivity contribution in [3.8, 4) is 0 Å². The number of hydrogen-bond donors (Lipinski definition) is 0. The van der Waals surface area contributed by atoms with E-state index >= 15 is 0 Å². The zero-order chi connectivity index (χ0) is 16.0. The molecule has 0 bridgehead atoms. The van der Waals surface area contributed by atoms with E-state index in [1.807, 2.05) is 0 Å². The van der Waals surface area contributed by atoms with Crippen LogP contribution in [0.4, 0.5) is 0 Å². The second-order valence-corrected chi connectivity index (χ2v) is 4.92. The van der Waals surface area contributed by atoms with E-state index in [-0.39, 0.29) is 16.8 Å². The Bertz CT molecular complexity index is 941. The molecule has 1 aliphatic heterocycles. The number of carbonyl (C=O) groups excluding carboxylic acids is 3. The Morgan fingerprint density at radius 1 is 0.957 bits per heavy atom. The Labute approximate surface area is 129 Å². The number of amides is 2. The van der Waals surface area contributed by atoms with E-state index in [1.165, 1.54) is 18.5 Å². The van der Waals surface area contributed by atoms with Crippen molar-refractivity contribution in [1.82, 2.24) is 14.4 Å². The highest BCUT2D eigenvalue weighted by atomic mass is 16.7. The summed E-state index contributed by atoms with van der Waals surface area (Å²) in [5.74, 6) is -2.20.